The number of anilines is 1. The molecule has 1 saturated heterocycles. The quantitative estimate of drug-likeness (QED) is 0.907. The van der Waals surface area contributed by atoms with Gasteiger partial charge in [0.2, 0.25) is 5.91 Å². The number of hydrogen-bond donors (Lipinski definition) is 1. The minimum Gasteiger partial charge on any atom is -0.356 e. The number of nitrogens with one attached hydrogen (secondary N) is 1. The number of hydrogen-bond acceptors (Lipinski definition) is 4. The first-order valence-electron chi connectivity index (χ1n) is 8.05. The maximum Gasteiger partial charge on any atom is 0.225 e. The number of aromatic nitrogens is 1. The monoisotopic (exact) mass is 300 g/mol. The molecule has 2 unspecified atom stereocenters. The van der Waals surface area contributed by atoms with E-state index in [9.17, 15) is 4.79 Å². The first kappa shape index (κ1) is 16.3. The fourth-order valence-electron chi connectivity index (χ4n) is 2.90. The van der Waals surface area contributed by atoms with E-state index in [1.807, 2.05) is 6.07 Å². The molecule has 0 aliphatic carbocycles. The molecule has 5 nitrogen and oxygen atoms in total. The summed E-state index contributed by atoms with van der Waals surface area (Å²) in [6.45, 7) is 5.79. The van der Waals surface area contributed by atoms with Gasteiger partial charge in [0.1, 0.15) is 11.9 Å². The van der Waals surface area contributed by atoms with E-state index in [4.69, 9.17) is 5.26 Å². The summed E-state index contributed by atoms with van der Waals surface area (Å²) in [5.41, 5.74) is 0.559. The van der Waals surface area contributed by atoms with Crippen LogP contribution in [0.3, 0.4) is 0 Å². The minimum absolute atomic E-state index is 0.0190. The summed E-state index contributed by atoms with van der Waals surface area (Å²) in [6.07, 6.45) is 5.59. The van der Waals surface area contributed by atoms with E-state index in [0.717, 1.165) is 38.0 Å². The zero-order valence-corrected chi connectivity index (χ0v) is 13.4. The summed E-state index contributed by atoms with van der Waals surface area (Å²) >= 11 is 0. The third kappa shape index (κ3) is 4.20. The van der Waals surface area contributed by atoms with Crippen LogP contribution in [0.25, 0.3) is 0 Å². The Morgan fingerprint density at radius 2 is 2.41 bits per heavy atom. The topological polar surface area (TPSA) is 69.0 Å². The van der Waals surface area contributed by atoms with Crippen molar-refractivity contribution in [1.82, 2.24) is 10.3 Å². The van der Waals surface area contributed by atoms with Crippen molar-refractivity contribution >= 4 is 11.7 Å². The number of nitrogens with zero attached hydrogens (tertiary/aromatic N) is 3. The minimum atomic E-state index is 0.0190. The van der Waals surface area contributed by atoms with Gasteiger partial charge in [-0.3, -0.25) is 4.79 Å². The Morgan fingerprint density at radius 1 is 1.59 bits per heavy atom. The SMILES string of the molecule is CCCC(C)NC(=O)C1CCCN(c2ccc(C#N)cn2)C1. The Kier molecular flexibility index (Phi) is 5.76. The average Bonchev–Trinajstić information content (AvgIpc) is 2.55. The van der Waals surface area contributed by atoms with E-state index in [-0.39, 0.29) is 17.9 Å². The van der Waals surface area contributed by atoms with E-state index in [1.54, 1.807) is 12.3 Å². The van der Waals surface area contributed by atoms with Crippen molar-refractivity contribution in [3.63, 3.8) is 0 Å². The van der Waals surface area contributed by atoms with Crippen molar-refractivity contribution < 1.29 is 4.79 Å². The van der Waals surface area contributed by atoms with Gasteiger partial charge in [-0.2, -0.15) is 5.26 Å². The highest BCUT2D eigenvalue weighted by Gasteiger charge is 2.27. The third-order valence-electron chi connectivity index (χ3n) is 4.10. The molecule has 0 radical (unpaired) electrons. The summed E-state index contributed by atoms with van der Waals surface area (Å²) in [4.78, 5) is 18.8. The smallest absolute Gasteiger partial charge is 0.225 e. The lowest BCUT2D eigenvalue weighted by Gasteiger charge is -2.33. The highest BCUT2D eigenvalue weighted by atomic mass is 16.2. The molecule has 1 aliphatic rings. The molecule has 1 fully saturated rings. The van der Waals surface area contributed by atoms with Crippen LogP contribution in [0.2, 0.25) is 0 Å². The largest absolute Gasteiger partial charge is 0.356 e. The van der Waals surface area contributed by atoms with Crippen LogP contribution >= 0.6 is 0 Å². The van der Waals surface area contributed by atoms with Crippen LogP contribution in [-0.2, 0) is 4.79 Å². The number of nitriles is 1. The molecule has 2 atom stereocenters. The van der Waals surface area contributed by atoms with Gasteiger partial charge in [0.25, 0.3) is 0 Å². The highest BCUT2D eigenvalue weighted by molar-refractivity contribution is 5.79. The van der Waals surface area contributed by atoms with Crippen LogP contribution in [-0.4, -0.2) is 30.0 Å². The van der Waals surface area contributed by atoms with Crippen LogP contribution in [0.15, 0.2) is 18.3 Å². The number of carbonyl (C=O) groups excluding carboxylic acids is 1. The van der Waals surface area contributed by atoms with Crippen LogP contribution in [0.1, 0.15) is 45.1 Å². The third-order valence-corrected chi connectivity index (χ3v) is 4.10. The Balaban J connectivity index is 1.96. The Morgan fingerprint density at radius 3 is 3.05 bits per heavy atom. The molecule has 1 N–H and O–H groups in total. The van der Waals surface area contributed by atoms with E-state index in [0.29, 0.717) is 12.1 Å². The average molecular weight is 300 g/mol. The highest BCUT2D eigenvalue weighted by Crippen LogP contribution is 2.22. The summed E-state index contributed by atoms with van der Waals surface area (Å²) in [6, 6.07) is 5.94. The van der Waals surface area contributed by atoms with Gasteiger partial charge < -0.3 is 10.2 Å². The summed E-state index contributed by atoms with van der Waals surface area (Å²) < 4.78 is 0. The summed E-state index contributed by atoms with van der Waals surface area (Å²) in [5, 5.41) is 11.9. The maximum absolute atomic E-state index is 12.4. The fourth-order valence-corrected chi connectivity index (χ4v) is 2.90. The van der Waals surface area contributed by atoms with Crippen molar-refractivity contribution in [3.8, 4) is 6.07 Å². The first-order valence-corrected chi connectivity index (χ1v) is 8.05. The lowest BCUT2D eigenvalue weighted by Crippen LogP contribution is -2.45. The fraction of sp³-hybridized carbons (Fsp3) is 0.588. The molecule has 118 valence electrons. The Labute approximate surface area is 132 Å². The zero-order valence-electron chi connectivity index (χ0n) is 13.4. The normalized spacial score (nSPS) is 19.3. The van der Waals surface area contributed by atoms with E-state index < -0.39 is 0 Å². The van der Waals surface area contributed by atoms with Crippen molar-refractivity contribution in [2.45, 2.75) is 45.6 Å². The summed E-state index contributed by atoms with van der Waals surface area (Å²) in [7, 11) is 0. The molecular formula is C17H24N4O. The molecule has 5 heteroatoms. The molecule has 2 rings (SSSR count). The van der Waals surface area contributed by atoms with Crippen LogP contribution in [0.5, 0.6) is 0 Å². The molecule has 0 bridgehead atoms. The van der Waals surface area contributed by atoms with Gasteiger partial charge in [-0.25, -0.2) is 4.98 Å². The second-order valence-corrected chi connectivity index (χ2v) is 6.00. The van der Waals surface area contributed by atoms with Crippen molar-refractivity contribution in [2.75, 3.05) is 18.0 Å². The van der Waals surface area contributed by atoms with Crippen molar-refractivity contribution in [3.05, 3.63) is 23.9 Å². The molecule has 0 aromatic carbocycles. The van der Waals surface area contributed by atoms with Gasteiger partial charge in [0, 0.05) is 25.3 Å². The number of rotatable bonds is 5. The van der Waals surface area contributed by atoms with Gasteiger partial charge in [0.05, 0.1) is 11.5 Å². The zero-order chi connectivity index (χ0) is 15.9. The molecule has 0 saturated carbocycles. The van der Waals surface area contributed by atoms with Gasteiger partial charge >= 0.3 is 0 Å². The molecule has 22 heavy (non-hydrogen) atoms. The summed E-state index contributed by atoms with van der Waals surface area (Å²) in [5.74, 6) is 1.02. The predicted molar refractivity (Wildman–Crippen MR) is 86.4 cm³/mol. The number of pyridine rings is 1. The molecule has 1 amide bonds. The predicted octanol–water partition coefficient (Wildman–Crippen LogP) is 2.47. The standard InChI is InChI=1S/C17H24N4O/c1-3-5-13(2)20-17(22)15-6-4-9-21(12-15)16-8-7-14(10-18)11-19-16/h7-8,11,13,15H,3-6,9,12H2,1-2H3,(H,20,22). The van der Waals surface area contributed by atoms with Crippen LogP contribution in [0, 0.1) is 17.2 Å². The molecule has 2 heterocycles. The molecule has 1 aromatic heterocycles. The van der Waals surface area contributed by atoms with E-state index in [1.165, 1.54) is 0 Å². The van der Waals surface area contributed by atoms with E-state index >= 15 is 0 Å². The number of carbonyl (C=O) groups is 1. The number of piperidine rings is 1. The van der Waals surface area contributed by atoms with Crippen LogP contribution < -0.4 is 10.2 Å². The van der Waals surface area contributed by atoms with E-state index in [2.05, 4.69) is 35.1 Å². The maximum atomic E-state index is 12.4. The Bertz CT molecular complexity index is 535. The molecular weight excluding hydrogens is 276 g/mol. The van der Waals surface area contributed by atoms with Gasteiger partial charge in [-0.05, 0) is 38.3 Å². The van der Waals surface area contributed by atoms with Crippen molar-refractivity contribution in [1.29, 1.82) is 5.26 Å². The first-order chi connectivity index (χ1) is 10.6. The second kappa shape index (κ2) is 7.79. The molecule has 1 aliphatic heterocycles. The Hall–Kier alpha value is -2.09. The second-order valence-electron chi connectivity index (χ2n) is 6.00. The van der Waals surface area contributed by atoms with Gasteiger partial charge in [0.15, 0.2) is 0 Å². The van der Waals surface area contributed by atoms with Gasteiger partial charge in [-0.1, -0.05) is 13.3 Å². The van der Waals surface area contributed by atoms with Crippen molar-refractivity contribution in [2.24, 2.45) is 5.92 Å². The lowest BCUT2D eigenvalue weighted by molar-refractivity contribution is -0.125. The number of amides is 1. The van der Waals surface area contributed by atoms with Crippen LogP contribution in [0.4, 0.5) is 5.82 Å². The molecule has 0 spiro atoms. The lowest BCUT2D eigenvalue weighted by atomic mass is 9.96. The van der Waals surface area contributed by atoms with Gasteiger partial charge in [-0.15, -0.1) is 0 Å². The molecule has 1 aromatic rings.